The van der Waals surface area contributed by atoms with Crippen molar-refractivity contribution in [2.24, 2.45) is 0 Å². The molecule has 0 saturated heterocycles. The summed E-state index contributed by atoms with van der Waals surface area (Å²) in [5, 5.41) is 3.72. The monoisotopic (exact) mass is 212 g/mol. The SMILES string of the molecule is CCCN(C)C(C)CNC1CCCCC1. The van der Waals surface area contributed by atoms with E-state index in [0.717, 1.165) is 12.6 Å². The van der Waals surface area contributed by atoms with Gasteiger partial charge in [-0.15, -0.1) is 0 Å². The van der Waals surface area contributed by atoms with Crippen molar-refractivity contribution < 1.29 is 0 Å². The van der Waals surface area contributed by atoms with Crippen molar-refractivity contribution in [2.75, 3.05) is 20.1 Å². The summed E-state index contributed by atoms with van der Waals surface area (Å²) in [5.74, 6) is 0. The van der Waals surface area contributed by atoms with E-state index in [1.54, 1.807) is 0 Å². The largest absolute Gasteiger partial charge is 0.312 e. The highest BCUT2D eigenvalue weighted by molar-refractivity contribution is 4.75. The van der Waals surface area contributed by atoms with E-state index >= 15 is 0 Å². The van der Waals surface area contributed by atoms with Crippen LogP contribution in [0.1, 0.15) is 52.4 Å². The molecule has 1 atom stereocenters. The second-order valence-electron chi connectivity index (χ2n) is 5.07. The highest BCUT2D eigenvalue weighted by atomic mass is 15.1. The van der Waals surface area contributed by atoms with Crippen LogP contribution in [-0.2, 0) is 0 Å². The standard InChI is InChI=1S/C13H28N2/c1-4-10-15(3)12(2)11-14-13-8-6-5-7-9-13/h12-14H,4-11H2,1-3H3. The molecule has 1 unspecified atom stereocenters. The first-order chi connectivity index (χ1) is 7.24. The quantitative estimate of drug-likeness (QED) is 0.728. The van der Waals surface area contributed by atoms with E-state index < -0.39 is 0 Å². The molecule has 0 spiro atoms. The van der Waals surface area contributed by atoms with Crippen LogP contribution in [0.2, 0.25) is 0 Å². The highest BCUT2D eigenvalue weighted by Crippen LogP contribution is 2.17. The van der Waals surface area contributed by atoms with Crippen LogP contribution in [0.5, 0.6) is 0 Å². The smallest absolute Gasteiger partial charge is 0.0189 e. The zero-order valence-corrected chi connectivity index (χ0v) is 10.8. The van der Waals surface area contributed by atoms with E-state index in [0.29, 0.717) is 6.04 Å². The fraction of sp³-hybridized carbons (Fsp3) is 1.00. The van der Waals surface area contributed by atoms with Gasteiger partial charge in [-0.3, -0.25) is 0 Å². The minimum absolute atomic E-state index is 0.673. The van der Waals surface area contributed by atoms with Gasteiger partial charge in [0, 0.05) is 18.6 Å². The third-order valence-electron chi connectivity index (χ3n) is 3.64. The zero-order valence-electron chi connectivity index (χ0n) is 10.8. The Labute approximate surface area is 95.4 Å². The van der Waals surface area contributed by atoms with E-state index in [2.05, 4.69) is 31.1 Å². The van der Waals surface area contributed by atoms with Crippen LogP contribution in [0.25, 0.3) is 0 Å². The summed E-state index contributed by atoms with van der Waals surface area (Å²) >= 11 is 0. The minimum Gasteiger partial charge on any atom is -0.312 e. The van der Waals surface area contributed by atoms with Crippen LogP contribution in [-0.4, -0.2) is 37.1 Å². The number of nitrogens with one attached hydrogen (secondary N) is 1. The van der Waals surface area contributed by atoms with Gasteiger partial charge < -0.3 is 10.2 Å². The lowest BCUT2D eigenvalue weighted by atomic mass is 9.95. The lowest BCUT2D eigenvalue weighted by molar-refractivity contribution is 0.237. The first-order valence-corrected chi connectivity index (χ1v) is 6.67. The van der Waals surface area contributed by atoms with Gasteiger partial charge in [-0.2, -0.15) is 0 Å². The predicted octanol–water partition coefficient (Wildman–Crippen LogP) is 2.64. The average Bonchev–Trinajstić information content (AvgIpc) is 2.27. The van der Waals surface area contributed by atoms with Gasteiger partial charge in [-0.1, -0.05) is 26.2 Å². The fourth-order valence-corrected chi connectivity index (χ4v) is 2.37. The second-order valence-corrected chi connectivity index (χ2v) is 5.07. The van der Waals surface area contributed by atoms with Gasteiger partial charge >= 0.3 is 0 Å². The summed E-state index contributed by atoms with van der Waals surface area (Å²) in [6.07, 6.45) is 8.34. The maximum atomic E-state index is 3.72. The third kappa shape index (κ3) is 4.98. The molecule has 0 aromatic heterocycles. The molecule has 1 saturated carbocycles. The van der Waals surface area contributed by atoms with Crippen molar-refractivity contribution >= 4 is 0 Å². The molecule has 1 N–H and O–H groups in total. The maximum absolute atomic E-state index is 3.72. The van der Waals surface area contributed by atoms with Gasteiger partial charge in [0.05, 0.1) is 0 Å². The summed E-state index contributed by atoms with van der Waals surface area (Å²) < 4.78 is 0. The van der Waals surface area contributed by atoms with Crippen molar-refractivity contribution in [3.05, 3.63) is 0 Å². The molecule has 0 aliphatic heterocycles. The van der Waals surface area contributed by atoms with Gasteiger partial charge in [-0.05, 0) is 39.8 Å². The molecule has 15 heavy (non-hydrogen) atoms. The second kappa shape index (κ2) is 7.24. The third-order valence-corrected chi connectivity index (χ3v) is 3.64. The first-order valence-electron chi connectivity index (χ1n) is 6.67. The number of hydrogen-bond donors (Lipinski definition) is 1. The van der Waals surface area contributed by atoms with Gasteiger partial charge in [0.15, 0.2) is 0 Å². The molecular formula is C13H28N2. The van der Waals surface area contributed by atoms with Crippen LogP contribution in [0.4, 0.5) is 0 Å². The molecule has 0 radical (unpaired) electrons. The zero-order chi connectivity index (χ0) is 11.1. The molecule has 0 bridgehead atoms. The van der Waals surface area contributed by atoms with Gasteiger partial charge in [-0.25, -0.2) is 0 Å². The normalized spacial score (nSPS) is 20.8. The first kappa shape index (κ1) is 13.0. The average molecular weight is 212 g/mol. The van der Waals surface area contributed by atoms with E-state index in [1.165, 1.54) is 45.1 Å². The van der Waals surface area contributed by atoms with Crippen molar-refractivity contribution in [1.29, 1.82) is 0 Å². The maximum Gasteiger partial charge on any atom is 0.0189 e. The molecule has 90 valence electrons. The Hall–Kier alpha value is -0.0800. The van der Waals surface area contributed by atoms with E-state index in [4.69, 9.17) is 0 Å². The lowest BCUT2D eigenvalue weighted by Crippen LogP contribution is -2.42. The molecule has 1 aliphatic carbocycles. The molecule has 0 aromatic carbocycles. The molecule has 1 rings (SSSR count). The van der Waals surface area contributed by atoms with Crippen LogP contribution in [0.15, 0.2) is 0 Å². The van der Waals surface area contributed by atoms with E-state index in [9.17, 15) is 0 Å². The van der Waals surface area contributed by atoms with Gasteiger partial charge in [0.2, 0.25) is 0 Å². The van der Waals surface area contributed by atoms with Crippen LogP contribution >= 0.6 is 0 Å². The van der Waals surface area contributed by atoms with E-state index in [-0.39, 0.29) is 0 Å². The molecule has 2 heteroatoms. The lowest BCUT2D eigenvalue weighted by Gasteiger charge is -2.28. The minimum atomic E-state index is 0.673. The van der Waals surface area contributed by atoms with Crippen molar-refractivity contribution in [1.82, 2.24) is 10.2 Å². The van der Waals surface area contributed by atoms with Crippen LogP contribution in [0, 0.1) is 0 Å². The Bertz CT molecular complexity index is 153. The molecule has 0 aromatic rings. The summed E-state index contributed by atoms with van der Waals surface area (Å²) in [6.45, 7) is 6.94. The van der Waals surface area contributed by atoms with Crippen LogP contribution < -0.4 is 5.32 Å². The summed E-state index contributed by atoms with van der Waals surface area (Å²) in [4.78, 5) is 2.45. The molecule has 2 nitrogen and oxygen atoms in total. The fourth-order valence-electron chi connectivity index (χ4n) is 2.37. The summed E-state index contributed by atoms with van der Waals surface area (Å²) in [6, 6.07) is 1.48. The molecule has 1 fully saturated rings. The van der Waals surface area contributed by atoms with Crippen molar-refractivity contribution in [3.63, 3.8) is 0 Å². The van der Waals surface area contributed by atoms with Crippen molar-refractivity contribution in [2.45, 2.75) is 64.5 Å². The molecule has 0 heterocycles. The Morgan fingerprint density at radius 1 is 1.27 bits per heavy atom. The van der Waals surface area contributed by atoms with Gasteiger partial charge in [0.1, 0.15) is 0 Å². The Kier molecular flexibility index (Phi) is 6.26. The topological polar surface area (TPSA) is 15.3 Å². The summed E-state index contributed by atoms with van der Waals surface area (Å²) in [7, 11) is 2.23. The van der Waals surface area contributed by atoms with E-state index in [1.807, 2.05) is 0 Å². The van der Waals surface area contributed by atoms with Crippen molar-refractivity contribution in [3.8, 4) is 0 Å². The predicted molar refractivity (Wildman–Crippen MR) is 67.3 cm³/mol. The number of rotatable bonds is 6. The number of hydrogen-bond acceptors (Lipinski definition) is 2. The molecular weight excluding hydrogens is 184 g/mol. The number of nitrogens with zero attached hydrogens (tertiary/aromatic N) is 1. The molecule has 0 amide bonds. The Morgan fingerprint density at radius 2 is 1.93 bits per heavy atom. The van der Waals surface area contributed by atoms with Crippen LogP contribution in [0.3, 0.4) is 0 Å². The molecule has 1 aliphatic rings. The summed E-state index contributed by atoms with van der Waals surface area (Å²) in [5.41, 5.74) is 0. The Morgan fingerprint density at radius 3 is 2.53 bits per heavy atom. The van der Waals surface area contributed by atoms with Gasteiger partial charge in [0.25, 0.3) is 0 Å². The highest BCUT2D eigenvalue weighted by Gasteiger charge is 2.14. The Balaban J connectivity index is 2.11. The number of likely N-dealkylation sites (N-methyl/N-ethyl adjacent to an activating group) is 1.